The molecule has 3 amide bonds. The zero-order valence-corrected chi connectivity index (χ0v) is 39.3. The molecule has 0 bridgehead atoms. The second kappa shape index (κ2) is 16.7. The largest absolute Gasteiger partial charge is 0.497 e. The molecule has 1 saturated heterocycles. The zero-order chi connectivity index (χ0) is 45.2. The van der Waals surface area contributed by atoms with Crippen molar-refractivity contribution in [1.29, 1.82) is 0 Å². The Morgan fingerprint density at radius 1 is 0.846 bits per heavy atom. The third-order valence-corrected chi connectivity index (χ3v) is 19.1. The zero-order valence-electron chi connectivity index (χ0n) is 36.7. The summed E-state index contributed by atoms with van der Waals surface area (Å²) >= 11 is 3.73. The van der Waals surface area contributed by atoms with Crippen molar-refractivity contribution in [2.75, 3.05) is 23.5 Å². The number of ether oxygens (including phenoxy) is 3. The van der Waals surface area contributed by atoms with E-state index in [0.29, 0.717) is 41.4 Å². The van der Waals surface area contributed by atoms with Crippen LogP contribution in [-0.2, 0) is 39.4 Å². The van der Waals surface area contributed by atoms with Gasteiger partial charge in [-0.3, -0.25) is 19.3 Å². The van der Waals surface area contributed by atoms with E-state index in [0.717, 1.165) is 38.2 Å². The number of nitrogens with zero attached hydrogens (tertiary/aromatic N) is 3. The van der Waals surface area contributed by atoms with E-state index in [9.17, 15) is 14.7 Å². The predicted molar refractivity (Wildman–Crippen MR) is 257 cm³/mol. The van der Waals surface area contributed by atoms with Gasteiger partial charge in [-0.05, 0) is 95.4 Å². The average Bonchev–Trinajstić information content (AvgIpc) is 3.68. The normalized spacial score (nSPS) is 22.2. The lowest BCUT2D eigenvalue weighted by Crippen LogP contribution is -2.52. The van der Waals surface area contributed by atoms with E-state index >= 15 is 4.79 Å². The van der Waals surface area contributed by atoms with Crippen molar-refractivity contribution in [3.63, 3.8) is 0 Å². The molecule has 1 fully saturated rings. The Hall–Kier alpha value is -6.05. The fourth-order valence-electron chi connectivity index (χ4n) is 11.0. The van der Waals surface area contributed by atoms with Crippen LogP contribution < -0.4 is 24.5 Å². The summed E-state index contributed by atoms with van der Waals surface area (Å²) in [6.45, 7) is 7.18. The molecule has 10 rings (SSSR count). The number of methoxy groups -OCH3 is 1. The van der Waals surface area contributed by atoms with Crippen LogP contribution in [0.2, 0.25) is 18.6 Å². The number of rotatable bonds is 9. The predicted octanol–water partition coefficient (Wildman–Crippen LogP) is 9.64. The quantitative estimate of drug-likeness (QED) is 0.144. The molecule has 1 spiro atoms. The summed E-state index contributed by atoms with van der Waals surface area (Å²) in [5, 5.41) is 11.8. The van der Waals surface area contributed by atoms with Gasteiger partial charge in [0.25, 0.3) is 11.8 Å². The molecule has 1 N–H and O–H groups in total. The second-order valence-corrected chi connectivity index (χ2v) is 23.7. The molecule has 0 unspecified atom stereocenters. The molecule has 12 heteroatoms. The summed E-state index contributed by atoms with van der Waals surface area (Å²) in [6.07, 6.45) is 0.00448. The number of hydrogen-bond acceptors (Lipinski definition) is 7. The van der Waals surface area contributed by atoms with Crippen molar-refractivity contribution >= 4 is 64.0 Å². The topological polar surface area (TPSA) is 109 Å². The van der Waals surface area contributed by atoms with Crippen LogP contribution in [0.5, 0.6) is 17.2 Å². The molecule has 4 heterocycles. The highest BCUT2D eigenvalue weighted by Crippen LogP contribution is 2.60. The Morgan fingerprint density at radius 3 is 2.34 bits per heavy atom. The smallest absolute Gasteiger partial charge is 0.266 e. The summed E-state index contributed by atoms with van der Waals surface area (Å²) in [4.78, 5) is 50.2. The standard InChI is InChI=1S/C53H50BrN3O7Si/c1-33-50(65(3,4)41-23-21-40(62-2)22-24-41)48(29-49(59)55-31-36-14-6-5-13-35(36)27-39(55)32-58)64-53(33)43-28-37(54)20-25-44(43)56(52(53)61)30-34-12-11-15-38(26-34)57-45-17-8-10-19-47(45)63-46-18-9-7-16-42(46)51(57)60/h5-26,28,33,39,48,50,58H,27,29-32H2,1-4H3/t33-,39-,48+,50-,53+/m0/s1. The van der Waals surface area contributed by atoms with Gasteiger partial charge < -0.3 is 29.1 Å². The Bertz CT molecular complexity index is 2850. The van der Waals surface area contributed by atoms with Gasteiger partial charge >= 0.3 is 0 Å². The van der Waals surface area contributed by atoms with Crippen LogP contribution in [0.4, 0.5) is 17.1 Å². The molecule has 0 saturated carbocycles. The number of para-hydroxylation sites is 3. The lowest BCUT2D eigenvalue weighted by atomic mass is 9.82. The Labute approximate surface area is 388 Å². The minimum Gasteiger partial charge on any atom is -0.497 e. The lowest BCUT2D eigenvalue weighted by Gasteiger charge is -2.39. The molecule has 0 aliphatic carbocycles. The number of aliphatic hydroxyl groups is 1. The first kappa shape index (κ1) is 42.9. The molecule has 6 aromatic carbocycles. The molecule has 5 atom stereocenters. The molecule has 330 valence electrons. The van der Waals surface area contributed by atoms with Gasteiger partial charge in [-0.25, -0.2) is 0 Å². The van der Waals surface area contributed by atoms with E-state index in [1.54, 1.807) is 33.9 Å². The van der Waals surface area contributed by atoms with E-state index in [1.807, 2.05) is 109 Å². The Balaban J connectivity index is 1.03. The van der Waals surface area contributed by atoms with Crippen molar-refractivity contribution in [1.82, 2.24) is 4.90 Å². The van der Waals surface area contributed by atoms with Crippen LogP contribution in [0.3, 0.4) is 0 Å². The van der Waals surface area contributed by atoms with Gasteiger partial charge in [-0.1, -0.05) is 114 Å². The average molecular weight is 949 g/mol. The van der Waals surface area contributed by atoms with Crippen LogP contribution in [0, 0.1) is 5.92 Å². The minimum absolute atomic E-state index is 0.0544. The first-order chi connectivity index (χ1) is 31.4. The molecular formula is C53H50BrN3O7Si. The number of amides is 3. The molecule has 0 radical (unpaired) electrons. The van der Waals surface area contributed by atoms with Crippen LogP contribution in [0.1, 0.15) is 46.0 Å². The monoisotopic (exact) mass is 947 g/mol. The van der Waals surface area contributed by atoms with Gasteiger partial charge in [0.2, 0.25) is 5.91 Å². The molecule has 0 aromatic heterocycles. The molecule has 4 aliphatic rings. The number of fused-ring (bicyclic) bond motifs is 5. The van der Waals surface area contributed by atoms with Gasteiger partial charge in [0, 0.05) is 28.2 Å². The second-order valence-electron chi connectivity index (χ2n) is 18.1. The van der Waals surface area contributed by atoms with Crippen molar-refractivity contribution < 1.29 is 33.7 Å². The van der Waals surface area contributed by atoms with Crippen LogP contribution >= 0.6 is 15.9 Å². The number of anilines is 3. The summed E-state index contributed by atoms with van der Waals surface area (Å²) < 4.78 is 20.0. The van der Waals surface area contributed by atoms with Crippen molar-refractivity contribution in [3.8, 4) is 17.2 Å². The highest BCUT2D eigenvalue weighted by molar-refractivity contribution is 9.10. The van der Waals surface area contributed by atoms with Gasteiger partial charge in [0.15, 0.2) is 11.4 Å². The summed E-state index contributed by atoms with van der Waals surface area (Å²) in [6, 6.07) is 44.2. The van der Waals surface area contributed by atoms with E-state index in [1.165, 1.54) is 5.19 Å². The highest BCUT2D eigenvalue weighted by atomic mass is 79.9. The molecular weight excluding hydrogens is 899 g/mol. The number of carbonyl (C=O) groups is 3. The maximum Gasteiger partial charge on any atom is 0.266 e. The summed E-state index contributed by atoms with van der Waals surface area (Å²) in [5.74, 6) is 0.922. The van der Waals surface area contributed by atoms with Crippen LogP contribution in [-0.4, -0.2) is 61.7 Å². The van der Waals surface area contributed by atoms with Crippen molar-refractivity contribution in [2.24, 2.45) is 5.92 Å². The molecule has 4 aliphatic heterocycles. The van der Waals surface area contributed by atoms with Crippen molar-refractivity contribution in [2.45, 2.75) is 69.2 Å². The number of halogens is 1. The van der Waals surface area contributed by atoms with E-state index in [-0.39, 0.29) is 54.8 Å². The number of aliphatic hydroxyl groups excluding tert-OH is 1. The molecule has 6 aromatic rings. The van der Waals surface area contributed by atoms with Gasteiger partial charge in [-0.15, -0.1) is 0 Å². The lowest BCUT2D eigenvalue weighted by molar-refractivity contribution is -0.151. The fourth-order valence-corrected chi connectivity index (χ4v) is 15.4. The summed E-state index contributed by atoms with van der Waals surface area (Å²) in [7, 11) is -0.932. The first-order valence-electron chi connectivity index (χ1n) is 22.1. The van der Waals surface area contributed by atoms with Crippen molar-refractivity contribution in [3.05, 3.63) is 172 Å². The molecule has 10 nitrogen and oxygen atoms in total. The van der Waals surface area contributed by atoms with E-state index in [4.69, 9.17) is 14.2 Å². The maximum absolute atomic E-state index is 15.7. The fraction of sp³-hybridized carbons (Fsp3) is 0.264. The van der Waals surface area contributed by atoms with Crippen LogP contribution in [0.25, 0.3) is 0 Å². The third-order valence-electron chi connectivity index (χ3n) is 14.2. The Morgan fingerprint density at radius 2 is 1.57 bits per heavy atom. The third kappa shape index (κ3) is 7.18. The van der Waals surface area contributed by atoms with E-state index < -0.39 is 19.8 Å². The number of hydrogen-bond donors (Lipinski definition) is 1. The number of carbonyl (C=O) groups excluding carboxylic acids is 3. The first-order valence-corrected chi connectivity index (χ1v) is 26.0. The van der Waals surface area contributed by atoms with E-state index in [2.05, 4.69) is 54.1 Å². The van der Waals surface area contributed by atoms with Gasteiger partial charge in [0.1, 0.15) is 11.5 Å². The van der Waals surface area contributed by atoms with Gasteiger partial charge in [0.05, 0.1) is 63.8 Å². The molecule has 65 heavy (non-hydrogen) atoms. The SMILES string of the molecule is COc1ccc([Si](C)(C)[C@@H]2[C@@H](CC(=O)N3Cc4ccccc4C[C@H]3CO)O[C@]3(C(=O)N(Cc4cccc(N5C(=O)c6ccccc6Oc6ccccc65)c4)c4ccc(Br)cc43)[C@H]2C)cc1. The highest BCUT2D eigenvalue weighted by Gasteiger charge is 2.66. The maximum atomic E-state index is 15.7. The minimum atomic E-state index is -2.58. The van der Waals surface area contributed by atoms with Crippen LogP contribution in [0.15, 0.2) is 144 Å². The Kier molecular flexibility index (Phi) is 11.0. The van der Waals surface area contributed by atoms with Gasteiger partial charge in [-0.2, -0.15) is 0 Å². The number of benzene rings is 6. The summed E-state index contributed by atoms with van der Waals surface area (Å²) in [5.41, 5.74) is 4.61.